The van der Waals surface area contributed by atoms with Crippen LogP contribution in [0.2, 0.25) is 0 Å². The third kappa shape index (κ3) is 5.79. The number of halogens is 2. The van der Waals surface area contributed by atoms with Gasteiger partial charge in [0.25, 0.3) is 21.9 Å². The quantitative estimate of drug-likeness (QED) is 0.370. The van der Waals surface area contributed by atoms with Gasteiger partial charge in [0.1, 0.15) is 12.4 Å². The van der Waals surface area contributed by atoms with E-state index >= 15 is 0 Å². The molecule has 2 aliphatic rings. The number of anilines is 1. The van der Waals surface area contributed by atoms with Crippen molar-refractivity contribution in [1.82, 2.24) is 19.5 Å². The molecule has 1 aliphatic heterocycles. The third-order valence-corrected chi connectivity index (χ3v) is 9.37. The van der Waals surface area contributed by atoms with Crippen molar-refractivity contribution in [2.45, 2.75) is 70.2 Å². The Hall–Kier alpha value is -3.54. The van der Waals surface area contributed by atoms with Crippen molar-refractivity contribution < 1.29 is 26.7 Å². The van der Waals surface area contributed by atoms with Crippen LogP contribution >= 0.6 is 0 Å². The van der Waals surface area contributed by atoms with E-state index in [1.165, 1.54) is 22.9 Å². The maximum atomic E-state index is 13.9. The summed E-state index contributed by atoms with van der Waals surface area (Å²) in [6, 6.07) is 11.0. The zero-order chi connectivity index (χ0) is 29.8. The number of nitrogens with zero attached hydrogens (tertiary/aromatic N) is 4. The summed E-state index contributed by atoms with van der Waals surface area (Å²) in [4.78, 5) is 20.2. The molecule has 3 heterocycles. The summed E-state index contributed by atoms with van der Waals surface area (Å²) < 4.78 is 63.2. The molecule has 3 aromatic rings. The van der Waals surface area contributed by atoms with Crippen molar-refractivity contribution in [3.8, 4) is 11.7 Å². The molecular weight excluding hydrogens is 552 g/mol. The van der Waals surface area contributed by atoms with E-state index in [4.69, 9.17) is 9.72 Å². The lowest BCUT2D eigenvalue weighted by Crippen LogP contribution is -2.41. The number of hydrogen-bond acceptors (Lipinski definition) is 7. The van der Waals surface area contributed by atoms with E-state index in [1.807, 2.05) is 18.7 Å². The van der Waals surface area contributed by atoms with Crippen molar-refractivity contribution in [3.05, 3.63) is 59.8 Å². The van der Waals surface area contributed by atoms with Crippen LogP contribution in [-0.2, 0) is 10.0 Å². The monoisotopic (exact) mass is 587 g/mol. The minimum absolute atomic E-state index is 0.00927. The van der Waals surface area contributed by atoms with E-state index < -0.39 is 27.3 Å². The molecule has 1 aromatic carbocycles. The Bertz CT molecular complexity index is 1580. The Morgan fingerprint density at radius 1 is 1.20 bits per heavy atom. The van der Waals surface area contributed by atoms with Crippen molar-refractivity contribution in [2.24, 2.45) is 11.3 Å². The van der Waals surface area contributed by atoms with Crippen LogP contribution in [0.15, 0.2) is 53.6 Å². The van der Waals surface area contributed by atoms with Crippen LogP contribution in [0.5, 0.6) is 5.88 Å². The van der Waals surface area contributed by atoms with Gasteiger partial charge in [-0.3, -0.25) is 4.79 Å². The van der Waals surface area contributed by atoms with Crippen molar-refractivity contribution in [2.75, 3.05) is 18.1 Å². The largest absolute Gasteiger partial charge is 0.476 e. The molecule has 1 saturated carbocycles. The Balaban J connectivity index is 1.45. The molecule has 1 N–H and O–H groups in total. The van der Waals surface area contributed by atoms with Crippen LogP contribution in [0.3, 0.4) is 0 Å². The molecule has 1 saturated heterocycles. The number of pyridine rings is 1. The summed E-state index contributed by atoms with van der Waals surface area (Å²) in [5, 5.41) is 4.37. The van der Waals surface area contributed by atoms with Gasteiger partial charge in [-0.15, -0.1) is 5.10 Å². The molecule has 1 aliphatic carbocycles. The molecule has 2 aromatic heterocycles. The molecule has 9 nitrogen and oxygen atoms in total. The molecule has 5 rings (SSSR count). The van der Waals surface area contributed by atoms with Crippen LogP contribution in [0.1, 0.15) is 62.9 Å². The maximum absolute atomic E-state index is 13.9. The number of carbonyl (C=O) groups is 1. The van der Waals surface area contributed by atoms with Gasteiger partial charge in [0.2, 0.25) is 5.88 Å². The topological polar surface area (TPSA) is 106 Å². The van der Waals surface area contributed by atoms with E-state index in [1.54, 1.807) is 37.4 Å². The second kappa shape index (κ2) is 10.1. The molecule has 2 fully saturated rings. The summed E-state index contributed by atoms with van der Waals surface area (Å²) in [7, 11) is -4.13. The second-order valence-electron chi connectivity index (χ2n) is 12.1. The molecule has 0 bridgehead atoms. The van der Waals surface area contributed by atoms with Crippen LogP contribution in [0.4, 0.5) is 14.6 Å². The fraction of sp³-hybridized carbons (Fsp3) is 0.483. The molecule has 1 atom stereocenters. The number of nitrogens with one attached hydrogen (secondary N) is 1. The van der Waals surface area contributed by atoms with Gasteiger partial charge < -0.3 is 9.64 Å². The Morgan fingerprint density at radius 3 is 2.54 bits per heavy atom. The van der Waals surface area contributed by atoms with Gasteiger partial charge in [0, 0.05) is 31.3 Å². The van der Waals surface area contributed by atoms with E-state index in [9.17, 15) is 22.0 Å². The first-order valence-corrected chi connectivity index (χ1v) is 15.1. The number of hydrogen-bond donors (Lipinski definition) is 1. The number of benzene rings is 1. The lowest BCUT2D eigenvalue weighted by molar-refractivity contribution is -0.0712. The number of ether oxygens (including phenoxy) is 1. The average molecular weight is 588 g/mol. The predicted molar refractivity (Wildman–Crippen MR) is 150 cm³/mol. The molecule has 0 unspecified atom stereocenters. The predicted octanol–water partition coefficient (Wildman–Crippen LogP) is 5.13. The molecule has 0 spiro atoms. The van der Waals surface area contributed by atoms with E-state index in [0.29, 0.717) is 36.9 Å². The lowest BCUT2D eigenvalue weighted by Gasteiger charge is -2.34. The summed E-state index contributed by atoms with van der Waals surface area (Å²) in [6.45, 7) is 9.37. The number of sulfonamides is 1. The summed E-state index contributed by atoms with van der Waals surface area (Å²) in [5.74, 6) is -2.44. The normalized spacial score (nSPS) is 19.7. The molecule has 1 amide bonds. The Kier molecular flexibility index (Phi) is 7.12. The van der Waals surface area contributed by atoms with Gasteiger partial charge in [-0.2, -0.15) is 0 Å². The molecule has 12 heteroatoms. The summed E-state index contributed by atoms with van der Waals surface area (Å²) in [6.07, 6.45) is 3.25. The highest BCUT2D eigenvalue weighted by molar-refractivity contribution is 7.90. The van der Waals surface area contributed by atoms with E-state index in [0.717, 1.165) is 18.9 Å². The highest BCUT2D eigenvalue weighted by atomic mass is 32.2. The highest BCUT2D eigenvalue weighted by Gasteiger charge is 2.59. The number of aryl methyl sites for hydroxylation is 1. The fourth-order valence-electron chi connectivity index (χ4n) is 5.51. The van der Waals surface area contributed by atoms with Crippen LogP contribution < -0.4 is 14.4 Å². The molecular formula is C29H35F2N5O4S. The van der Waals surface area contributed by atoms with Crippen molar-refractivity contribution >= 4 is 21.7 Å². The third-order valence-electron chi connectivity index (χ3n) is 8.04. The van der Waals surface area contributed by atoms with Crippen LogP contribution in [0.25, 0.3) is 5.82 Å². The smallest absolute Gasteiger partial charge is 0.268 e. The highest BCUT2D eigenvalue weighted by Crippen LogP contribution is 2.56. The number of rotatable bonds is 9. The molecule has 0 radical (unpaired) electrons. The maximum Gasteiger partial charge on any atom is 0.268 e. The number of alkyl halides is 2. The van der Waals surface area contributed by atoms with Gasteiger partial charge in [-0.05, 0) is 75.8 Å². The fourth-order valence-corrected chi connectivity index (χ4v) is 6.58. The van der Waals surface area contributed by atoms with Crippen LogP contribution in [-0.4, -0.2) is 53.7 Å². The van der Waals surface area contributed by atoms with E-state index in [2.05, 4.69) is 16.7 Å². The first-order valence-electron chi connectivity index (χ1n) is 13.6. The van der Waals surface area contributed by atoms with Gasteiger partial charge in [-0.1, -0.05) is 19.1 Å². The number of aromatic nitrogens is 3. The zero-order valence-corrected chi connectivity index (χ0v) is 24.6. The average Bonchev–Trinajstić information content (AvgIpc) is 3.45. The Labute approximate surface area is 239 Å². The number of carbonyl (C=O) groups excluding carboxylic acids is 1. The minimum Gasteiger partial charge on any atom is -0.476 e. The first kappa shape index (κ1) is 29.0. The summed E-state index contributed by atoms with van der Waals surface area (Å²) >= 11 is 0. The lowest BCUT2D eigenvalue weighted by atomic mass is 9.97. The van der Waals surface area contributed by atoms with E-state index in [-0.39, 0.29) is 28.5 Å². The second-order valence-corrected chi connectivity index (χ2v) is 13.8. The standard InChI is InChI=1S/C29H35F2N5O4S/c1-19-7-6-8-21(15-19)41(38,39)34-26(37)22-9-10-23(32-25(22)35-17-20(2)16-27(35,3)4)36-14-11-24(33-36)40-18-29(12-13-29)28(5,30)31/h6-11,14-15,20H,12-13,16-18H2,1-5H3,(H,34,37)/t20-/m0/s1. The molecule has 220 valence electrons. The SMILES string of the molecule is Cc1cccc(S(=O)(=O)NC(=O)c2ccc(-n3ccc(OCC4(C(C)(F)F)CC4)n3)nc2N2C[C@@H](C)CC2(C)C)c1. The summed E-state index contributed by atoms with van der Waals surface area (Å²) in [5.41, 5.74) is -0.652. The van der Waals surface area contributed by atoms with Crippen molar-refractivity contribution in [1.29, 1.82) is 0 Å². The number of amides is 1. The Morgan fingerprint density at radius 2 is 1.93 bits per heavy atom. The molecule has 41 heavy (non-hydrogen) atoms. The van der Waals surface area contributed by atoms with Gasteiger partial charge >= 0.3 is 0 Å². The van der Waals surface area contributed by atoms with Crippen molar-refractivity contribution in [3.63, 3.8) is 0 Å². The first-order chi connectivity index (χ1) is 19.1. The van der Waals surface area contributed by atoms with Gasteiger partial charge in [0.15, 0.2) is 5.82 Å². The minimum atomic E-state index is -4.13. The van der Waals surface area contributed by atoms with Gasteiger partial charge in [0.05, 0.1) is 15.9 Å². The zero-order valence-electron chi connectivity index (χ0n) is 23.8. The van der Waals surface area contributed by atoms with Crippen LogP contribution in [0, 0.1) is 18.3 Å². The van der Waals surface area contributed by atoms with Gasteiger partial charge in [-0.25, -0.2) is 31.6 Å².